The molecule has 4 N–H and O–H groups in total. The second-order valence-corrected chi connectivity index (χ2v) is 17.9. The van der Waals surface area contributed by atoms with Crippen LogP contribution in [0.1, 0.15) is 201 Å². The van der Waals surface area contributed by atoms with E-state index in [4.69, 9.17) is 19.3 Å². The lowest BCUT2D eigenvalue weighted by atomic mass is 9.88. The smallest absolute Gasteiger partial charge is 0.462 e. The van der Waals surface area contributed by atoms with Gasteiger partial charge < -0.3 is 29.5 Å². The second kappa shape index (κ2) is 33.2. The van der Waals surface area contributed by atoms with Gasteiger partial charge in [0.15, 0.2) is 6.10 Å². The first-order chi connectivity index (χ1) is 26.8. The number of aliphatic hydroxyl groups is 2. The predicted octanol–water partition coefficient (Wildman–Crippen LogP) is 10.2. The van der Waals surface area contributed by atoms with Crippen molar-refractivity contribution >= 4 is 25.5 Å². The molecule has 0 aromatic rings. The topological polar surface area (TPSA) is 177 Å². The molecule has 12 heteroatoms. The van der Waals surface area contributed by atoms with Crippen LogP contribution < -0.4 is 0 Å². The standard InChI is InChI=1S/C44H81O11P/c1-4-5-21-27-37(45)31-32-40-39(41(46)33-42(40)47)28-23-19-20-24-29-43(48)53-34-38(35-54-56(50,51)52)55-44(49)30-25-18-16-14-12-10-8-6-7-9-11-13-15-17-22-26-36(2)3/h31-32,36-40,42,45,47H,4-30,33-35H2,1-3H3,(H2,50,51,52)/b32-31+/t37-,38+,39+,40+,42+/m0/s1. The molecule has 0 amide bonds. The Labute approximate surface area is 339 Å². The average Bonchev–Trinajstić information content (AvgIpc) is 3.41. The van der Waals surface area contributed by atoms with Crippen LogP contribution in [-0.2, 0) is 32.9 Å². The van der Waals surface area contributed by atoms with Crippen molar-refractivity contribution in [3.8, 4) is 0 Å². The maximum absolute atomic E-state index is 12.5. The van der Waals surface area contributed by atoms with E-state index in [1.165, 1.54) is 77.0 Å². The number of carbonyl (C=O) groups is 3. The lowest BCUT2D eigenvalue weighted by Crippen LogP contribution is -2.29. The highest BCUT2D eigenvalue weighted by atomic mass is 31.2. The van der Waals surface area contributed by atoms with E-state index in [0.29, 0.717) is 25.7 Å². The van der Waals surface area contributed by atoms with Crippen LogP contribution >= 0.6 is 7.82 Å². The number of Topliss-reactive ketones (excluding diaryl/α,β-unsaturated/α-hetero) is 1. The molecule has 0 aliphatic heterocycles. The average molecular weight is 817 g/mol. The Morgan fingerprint density at radius 3 is 1.77 bits per heavy atom. The zero-order valence-corrected chi connectivity index (χ0v) is 36.3. The van der Waals surface area contributed by atoms with Crippen LogP contribution in [0.3, 0.4) is 0 Å². The Balaban J connectivity index is 2.21. The first-order valence-electron chi connectivity index (χ1n) is 22.4. The van der Waals surface area contributed by atoms with Crippen LogP contribution in [0, 0.1) is 17.8 Å². The summed E-state index contributed by atoms with van der Waals surface area (Å²) < 4.78 is 26.4. The van der Waals surface area contributed by atoms with Gasteiger partial charge in [-0.2, -0.15) is 0 Å². The van der Waals surface area contributed by atoms with Gasteiger partial charge in [-0.05, 0) is 31.6 Å². The van der Waals surface area contributed by atoms with Crippen molar-refractivity contribution in [1.82, 2.24) is 0 Å². The summed E-state index contributed by atoms with van der Waals surface area (Å²) in [6.07, 6.45) is 28.4. The van der Waals surface area contributed by atoms with E-state index >= 15 is 0 Å². The minimum Gasteiger partial charge on any atom is -0.462 e. The second-order valence-electron chi connectivity index (χ2n) is 16.6. The summed E-state index contributed by atoms with van der Waals surface area (Å²) in [6, 6.07) is 0. The molecular weight excluding hydrogens is 735 g/mol. The van der Waals surface area contributed by atoms with Gasteiger partial charge in [-0.25, -0.2) is 4.57 Å². The molecule has 1 aliphatic rings. The fraction of sp³-hybridized carbons (Fsp3) is 0.886. The first-order valence-corrected chi connectivity index (χ1v) is 24.0. The third-order valence-corrected chi connectivity index (χ3v) is 11.3. The number of phosphoric acid groups is 1. The number of hydrogen-bond donors (Lipinski definition) is 4. The van der Waals surface area contributed by atoms with Gasteiger partial charge in [-0.3, -0.25) is 18.9 Å². The summed E-state index contributed by atoms with van der Waals surface area (Å²) in [5.41, 5.74) is 0. The molecule has 0 spiro atoms. The van der Waals surface area contributed by atoms with Crippen LogP contribution in [0.2, 0.25) is 0 Å². The predicted molar refractivity (Wildman–Crippen MR) is 222 cm³/mol. The number of rotatable bonds is 37. The molecule has 1 aliphatic carbocycles. The number of phosphoric ester groups is 1. The molecule has 0 bridgehead atoms. The lowest BCUT2D eigenvalue weighted by molar-refractivity contribution is -0.161. The normalized spacial score (nSPS) is 18.6. The van der Waals surface area contributed by atoms with E-state index in [2.05, 4.69) is 25.3 Å². The first kappa shape index (κ1) is 52.4. The highest BCUT2D eigenvalue weighted by Gasteiger charge is 2.39. The van der Waals surface area contributed by atoms with E-state index < -0.39 is 44.7 Å². The molecule has 328 valence electrons. The largest absolute Gasteiger partial charge is 0.469 e. The number of ether oxygens (including phenoxy) is 2. The molecule has 5 atom stereocenters. The summed E-state index contributed by atoms with van der Waals surface area (Å²) in [7, 11) is -4.81. The van der Waals surface area contributed by atoms with Gasteiger partial charge in [-0.15, -0.1) is 0 Å². The monoisotopic (exact) mass is 817 g/mol. The Kier molecular flexibility index (Phi) is 31.1. The maximum Gasteiger partial charge on any atom is 0.469 e. The number of carbonyl (C=O) groups excluding carboxylic acids is 3. The SMILES string of the molecule is CCCCC[C@H](O)/C=C/[C@H]1[C@H](O)CC(=O)[C@@H]1CCCCCCC(=O)OC[C@H](COP(=O)(O)O)OC(=O)CCCCCCCCCCCCCCCCCC(C)C. The van der Waals surface area contributed by atoms with Crippen LogP contribution in [0.15, 0.2) is 12.2 Å². The Morgan fingerprint density at radius 2 is 1.23 bits per heavy atom. The molecule has 0 radical (unpaired) electrons. The van der Waals surface area contributed by atoms with Crippen LogP contribution in [0.25, 0.3) is 0 Å². The van der Waals surface area contributed by atoms with Gasteiger partial charge in [0.05, 0.1) is 18.8 Å². The van der Waals surface area contributed by atoms with E-state index in [1.54, 1.807) is 6.08 Å². The van der Waals surface area contributed by atoms with Crippen molar-refractivity contribution in [1.29, 1.82) is 0 Å². The molecule has 0 aromatic carbocycles. The Morgan fingerprint density at radius 1 is 0.732 bits per heavy atom. The zero-order valence-electron chi connectivity index (χ0n) is 35.4. The number of esters is 2. The molecule has 0 aromatic heterocycles. The lowest BCUT2D eigenvalue weighted by Gasteiger charge is -2.18. The minimum atomic E-state index is -4.81. The van der Waals surface area contributed by atoms with Gasteiger partial charge in [0.2, 0.25) is 0 Å². The Hall–Kier alpha value is -1.62. The van der Waals surface area contributed by atoms with E-state index in [9.17, 15) is 29.2 Å². The highest BCUT2D eigenvalue weighted by molar-refractivity contribution is 7.46. The van der Waals surface area contributed by atoms with Crippen molar-refractivity contribution in [2.24, 2.45) is 17.8 Å². The molecule has 11 nitrogen and oxygen atoms in total. The molecular formula is C44H81O11P. The van der Waals surface area contributed by atoms with E-state index in [0.717, 1.165) is 63.7 Å². The summed E-state index contributed by atoms with van der Waals surface area (Å²) in [6.45, 7) is 5.74. The molecule has 0 heterocycles. The molecule has 1 fully saturated rings. The van der Waals surface area contributed by atoms with E-state index in [1.807, 2.05) is 6.08 Å². The number of ketones is 1. The van der Waals surface area contributed by atoms with Gasteiger partial charge in [-0.1, -0.05) is 168 Å². The zero-order chi connectivity index (χ0) is 41.4. The van der Waals surface area contributed by atoms with Crippen molar-refractivity contribution in [3.05, 3.63) is 12.2 Å². The van der Waals surface area contributed by atoms with Gasteiger partial charge in [0.25, 0.3) is 0 Å². The maximum atomic E-state index is 12.5. The van der Waals surface area contributed by atoms with Crippen molar-refractivity contribution in [2.75, 3.05) is 13.2 Å². The number of aliphatic hydroxyl groups excluding tert-OH is 2. The fourth-order valence-corrected chi connectivity index (χ4v) is 7.82. The fourth-order valence-electron chi connectivity index (χ4n) is 7.45. The number of unbranched alkanes of at least 4 members (excludes halogenated alkanes) is 19. The molecule has 56 heavy (non-hydrogen) atoms. The quantitative estimate of drug-likeness (QED) is 0.0203. The van der Waals surface area contributed by atoms with Crippen molar-refractivity contribution < 1.29 is 52.9 Å². The van der Waals surface area contributed by atoms with Gasteiger partial charge in [0.1, 0.15) is 12.4 Å². The van der Waals surface area contributed by atoms with Gasteiger partial charge in [0, 0.05) is 31.1 Å². The van der Waals surface area contributed by atoms with Gasteiger partial charge >= 0.3 is 19.8 Å². The third kappa shape index (κ3) is 29.6. The molecule has 0 unspecified atom stereocenters. The van der Waals surface area contributed by atoms with Crippen LogP contribution in [0.4, 0.5) is 0 Å². The summed E-state index contributed by atoms with van der Waals surface area (Å²) in [5.74, 6) is -0.736. The summed E-state index contributed by atoms with van der Waals surface area (Å²) >= 11 is 0. The van der Waals surface area contributed by atoms with Crippen LogP contribution in [0.5, 0.6) is 0 Å². The van der Waals surface area contributed by atoms with Crippen molar-refractivity contribution in [2.45, 2.75) is 219 Å². The summed E-state index contributed by atoms with van der Waals surface area (Å²) in [5, 5.41) is 20.6. The highest BCUT2D eigenvalue weighted by Crippen LogP contribution is 2.36. The molecule has 1 saturated carbocycles. The minimum absolute atomic E-state index is 0.0456. The Bertz CT molecular complexity index is 1090. The molecule has 0 saturated heterocycles. The van der Waals surface area contributed by atoms with Crippen LogP contribution in [-0.4, -0.2) is 69.2 Å². The van der Waals surface area contributed by atoms with E-state index in [-0.39, 0.29) is 43.5 Å². The molecule has 1 rings (SSSR count). The third-order valence-electron chi connectivity index (χ3n) is 10.9. The number of hydrogen-bond acceptors (Lipinski definition) is 9. The van der Waals surface area contributed by atoms with Crippen molar-refractivity contribution in [3.63, 3.8) is 0 Å². The summed E-state index contributed by atoms with van der Waals surface area (Å²) in [4.78, 5) is 55.7.